The standard InChI is InChI=1S/C11H17OP/c1-5-12-13(4)11-7-6-9(2)8-10(11)3/h6-8H,5H2,1-4H3. The largest absolute Gasteiger partial charge is 0.355 e. The maximum Gasteiger partial charge on any atom is 0.0574 e. The average Bonchev–Trinajstić information content (AvgIpc) is 2.04. The van der Waals surface area contributed by atoms with Crippen molar-refractivity contribution in [2.45, 2.75) is 20.8 Å². The Morgan fingerprint density at radius 2 is 2.00 bits per heavy atom. The minimum absolute atomic E-state index is 0.409. The third-order valence-corrected chi connectivity index (χ3v) is 3.84. The van der Waals surface area contributed by atoms with Crippen LogP contribution in [0.5, 0.6) is 0 Å². The molecule has 0 amide bonds. The molecule has 1 atom stereocenters. The predicted octanol–water partition coefficient (Wildman–Crippen LogP) is 2.99. The van der Waals surface area contributed by atoms with Gasteiger partial charge in [-0.15, -0.1) is 0 Å². The van der Waals surface area contributed by atoms with Gasteiger partial charge in [0, 0.05) is 11.9 Å². The van der Waals surface area contributed by atoms with Gasteiger partial charge in [0.25, 0.3) is 0 Å². The van der Waals surface area contributed by atoms with E-state index in [1.54, 1.807) is 0 Å². The van der Waals surface area contributed by atoms with Crippen LogP contribution in [-0.2, 0) is 4.52 Å². The first-order valence-electron chi connectivity index (χ1n) is 4.59. The van der Waals surface area contributed by atoms with Crippen LogP contribution in [0.3, 0.4) is 0 Å². The van der Waals surface area contributed by atoms with E-state index in [-0.39, 0.29) is 0 Å². The lowest BCUT2D eigenvalue weighted by molar-refractivity contribution is 0.385. The van der Waals surface area contributed by atoms with Crippen LogP contribution in [0.4, 0.5) is 0 Å². The summed E-state index contributed by atoms with van der Waals surface area (Å²) in [4.78, 5) is 0. The lowest BCUT2D eigenvalue weighted by Crippen LogP contribution is -2.06. The molecule has 0 N–H and O–H groups in total. The molecular formula is C11H17OP. The molecule has 1 aromatic rings. The Bertz CT molecular complexity index is 283. The Morgan fingerprint density at radius 3 is 2.54 bits per heavy atom. The van der Waals surface area contributed by atoms with Gasteiger partial charge >= 0.3 is 0 Å². The molecule has 2 heteroatoms. The number of hydrogen-bond donors (Lipinski definition) is 0. The third-order valence-electron chi connectivity index (χ3n) is 2.01. The Labute approximate surface area is 82.0 Å². The van der Waals surface area contributed by atoms with Crippen LogP contribution in [0.15, 0.2) is 18.2 Å². The van der Waals surface area contributed by atoms with Crippen molar-refractivity contribution in [1.82, 2.24) is 0 Å². The van der Waals surface area contributed by atoms with Crippen LogP contribution in [0.1, 0.15) is 18.1 Å². The average molecular weight is 196 g/mol. The fourth-order valence-electron chi connectivity index (χ4n) is 1.42. The van der Waals surface area contributed by atoms with Crippen LogP contribution < -0.4 is 5.30 Å². The van der Waals surface area contributed by atoms with Gasteiger partial charge in [0.15, 0.2) is 0 Å². The Morgan fingerprint density at radius 1 is 1.31 bits per heavy atom. The highest BCUT2D eigenvalue weighted by atomic mass is 31.1. The number of aryl methyl sites for hydroxylation is 2. The molecular weight excluding hydrogens is 179 g/mol. The van der Waals surface area contributed by atoms with Gasteiger partial charge in [0.1, 0.15) is 0 Å². The molecule has 13 heavy (non-hydrogen) atoms. The summed E-state index contributed by atoms with van der Waals surface area (Å²) >= 11 is 0. The van der Waals surface area contributed by atoms with E-state index in [9.17, 15) is 0 Å². The molecule has 0 aliphatic rings. The molecule has 1 rings (SSSR count). The maximum absolute atomic E-state index is 5.61. The van der Waals surface area contributed by atoms with E-state index in [1.165, 1.54) is 16.4 Å². The minimum Gasteiger partial charge on any atom is -0.355 e. The summed E-state index contributed by atoms with van der Waals surface area (Å²) < 4.78 is 5.61. The van der Waals surface area contributed by atoms with E-state index in [0.29, 0.717) is 0 Å². The molecule has 0 saturated heterocycles. The molecule has 0 bridgehead atoms. The smallest absolute Gasteiger partial charge is 0.0574 e. The van der Waals surface area contributed by atoms with Crippen molar-refractivity contribution in [2.75, 3.05) is 13.3 Å². The van der Waals surface area contributed by atoms with Crippen molar-refractivity contribution in [3.63, 3.8) is 0 Å². The fourth-order valence-corrected chi connectivity index (χ4v) is 2.79. The SMILES string of the molecule is CCOP(C)c1ccc(C)cc1C. The quantitative estimate of drug-likeness (QED) is 0.675. The molecule has 0 radical (unpaired) electrons. The van der Waals surface area contributed by atoms with E-state index >= 15 is 0 Å². The zero-order valence-corrected chi connectivity index (χ0v) is 9.69. The summed E-state index contributed by atoms with van der Waals surface area (Å²) in [6, 6.07) is 6.55. The van der Waals surface area contributed by atoms with Gasteiger partial charge in [-0.1, -0.05) is 23.8 Å². The number of rotatable bonds is 3. The Hall–Kier alpha value is -0.390. The summed E-state index contributed by atoms with van der Waals surface area (Å²) in [5, 5.41) is 1.36. The summed E-state index contributed by atoms with van der Waals surface area (Å²) in [7, 11) is -0.409. The summed E-state index contributed by atoms with van der Waals surface area (Å²) in [5.74, 6) is 0. The molecule has 0 aromatic heterocycles. The second-order valence-corrected chi connectivity index (χ2v) is 4.94. The van der Waals surface area contributed by atoms with Crippen molar-refractivity contribution < 1.29 is 4.52 Å². The van der Waals surface area contributed by atoms with Crippen LogP contribution in [0.2, 0.25) is 0 Å². The van der Waals surface area contributed by atoms with Gasteiger partial charge in [-0.2, -0.15) is 0 Å². The van der Waals surface area contributed by atoms with Gasteiger partial charge < -0.3 is 4.52 Å². The molecule has 1 aromatic carbocycles. The molecule has 1 nitrogen and oxygen atoms in total. The molecule has 0 fully saturated rings. The normalized spacial score (nSPS) is 12.9. The molecule has 0 saturated carbocycles. The Balaban J connectivity index is 2.88. The summed E-state index contributed by atoms with van der Waals surface area (Å²) in [6.07, 6.45) is 0. The first-order chi connectivity index (χ1) is 6.15. The minimum atomic E-state index is -0.409. The van der Waals surface area contributed by atoms with Crippen molar-refractivity contribution in [2.24, 2.45) is 0 Å². The van der Waals surface area contributed by atoms with Gasteiger partial charge in [-0.3, -0.25) is 0 Å². The van der Waals surface area contributed by atoms with Gasteiger partial charge in [0.05, 0.1) is 8.15 Å². The molecule has 0 aliphatic heterocycles. The zero-order chi connectivity index (χ0) is 9.84. The van der Waals surface area contributed by atoms with E-state index < -0.39 is 8.15 Å². The highest BCUT2D eigenvalue weighted by Gasteiger charge is 2.07. The molecule has 1 unspecified atom stereocenters. The Kier molecular flexibility index (Phi) is 3.90. The summed E-state index contributed by atoms with van der Waals surface area (Å²) in [6.45, 7) is 9.28. The van der Waals surface area contributed by atoms with Crippen molar-refractivity contribution in [3.8, 4) is 0 Å². The molecule has 72 valence electrons. The second kappa shape index (κ2) is 4.74. The van der Waals surface area contributed by atoms with E-state index in [1.807, 2.05) is 6.92 Å². The van der Waals surface area contributed by atoms with E-state index in [2.05, 4.69) is 38.7 Å². The van der Waals surface area contributed by atoms with Crippen LogP contribution in [-0.4, -0.2) is 13.3 Å². The summed E-state index contributed by atoms with van der Waals surface area (Å²) in [5.41, 5.74) is 2.67. The molecule has 0 spiro atoms. The van der Waals surface area contributed by atoms with Gasteiger partial charge in [-0.05, 0) is 33.0 Å². The van der Waals surface area contributed by atoms with Crippen LogP contribution >= 0.6 is 8.15 Å². The van der Waals surface area contributed by atoms with Crippen LogP contribution in [0.25, 0.3) is 0 Å². The zero-order valence-electron chi connectivity index (χ0n) is 8.79. The number of hydrogen-bond acceptors (Lipinski definition) is 1. The van der Waals surface area contributed by atoms with Gasteiger partial charge in [-0.25, -0.2) is 0 Å². The predicted molar refractivity (Wildman–Crippen MR) is 60.0 cm³/mol. The molecule has 0 heterocycles. The fraction of sp³-hybridized carbons (Fsp3) is 0.455. The van der Waals surface area contributed by atoms with Crippen molar-refractivity contribution >= 4 is 13.5 Å². The highest BCUT2D eigenvalue weighted by molar-refractivity contribution is 7.60. The first-order valence-corrected chi connectivity index (χ1v) is 6.29. The highest BCUT2D eigenvalue weighted by Crippen LogP contribution is 2.31. The molecule has 0 aliphatic carbocycles. The lowest BCUT2D eigenvalue weighted by atomic mass is 10.2. The van der Waals surface area contributed by atoms with Gasteiger partial charge in [0.2, 0.25) is 0 Å². The topological polar surface area (TPSA) is 9.23 Å². The van der Waals surface area contributed by atoms with E-state index in [0.717, 1.165) is 6.61 Å². The van der Waals surface area contributed by atoms with Crippen LogP contribution in [0, 0.1) is 13.8 Å². The third kappa shape index (κ3) is 2.79. The first kappa shape index (κ1) is 10.7. The number of benzene rings is 1. The van der Waals surface area contributed by atoms with Crippen molar-refractivity contribution in [1.29, 1.82) is 0 Å². The monoisotopic (exact) mass is 196 g/mol. The maximum atomic E-state index is 5.61. The van der Waals surface area contributed by atoms with E-state index in [4.69, 9.17) is 4.52 Å². The second-order valence-electron chi connectivity index (χ2n) is 3.21. The van der Waals surface area contributed by atoms with Crippen molar-refractivity contribution in [3.05, 3.63) is 29.3 Å². The lowest BCUT2D eigenvalue weighted by Gasteiger charge is -2.14.